The van der Waals surface area contributed by atoms with Crippen molar-refractivity contribution < 1.29 is 4.39 Å². The maximum Gasteiger partial charge on any atom is 0.274 e. The monoisotopic (exact) mass is 342 g/mol. The van der Waals surface area contributed by atoms with Crippen molar-refractivity contribution in [3.05, 3.63) is 75.8 Å². The van der Waals surface area contributed by atoms with Crippen molar-refractivity contribution in [2.75, 3.05) is 0 Å². The molecule has 0 fully saturated rings. The normalized spacial score (nSPS) is 11.0. The molecule has 0 aliphatic carbocycles. The zero-order chi connectivity index (χ0) is 17.3. The summed E-state index contributed by atoms with van der Waals surface area (Å²) in [7, 11) is 0. The second-order valence-corrected chi connectivity index (χ2v) is 6.24. The number of nitrogens with zero attached hydrogens (tertiary/aromatic N) is 2. The van der Waals surface area contributed by atoms with Gasteiger partial charge in [0.1, 0.15) is 5.82 Å². The standard InChI is InChI=1S/C19H16ClFN2O/c1-12(2)23-19(24)17(13-5-9-16(21)10-6-13)11-18(22-23)14-3-7-15(20)8-4-14/h3-12H,1-2H3. The molecule has 0 unspecified atom stereocenters. The number of benzene rings is 2. The third-order valence-corrected chi connectivity index (χ3v) is 3.97. The van der Waals surface area contributed by atoms with E-state index in [1.807, 2.05) is 26.0 Å². The van der Waals surface area contributed by atoms with Crippen LogP contribution >= 0.6 is 11.6 Å². The van der Waals surface area contributed by atoms with Crippen LogP contribution in [0.3, 0.4) is 0 Å². The first kappa shape index (κ1) is 16.4. The van der Waals surface area contributed by atoms with Gasteiger partial charge in [-0.3, -0.25) is 4.79 Å². The van der Waals surface area contributed by atoms with E-state index in [-0.39, 0.29) is 17.4 Å². The average molecular weight is 343 g/mol. The van der Waals surface area contributed by atoms with Crippen LogP contribution in [0, 0.1) is 5.82 Å². The number of hydrogen-bond donors (Lipinski definition) is 0. The summed E-state index contributed by atoms with van der Waals surface area (Å²) in [6.45, 7) is 3.79. The topological polar surface area (TPSA) is 34.9 Å². The van der Waals surface area contributed by atoms with Crippen LogP contribution in [0.15, 0.2) is 59.4 Å². The molecule has 3 aromatic rings. The van der Waals surface area contributed by atoms with E-state index in [1.54, 1.807) is 30.3 Å². The molecule has 0 saturated heterocycles. The molecule has 3 rings (SSSR count). The predicted octanol–water partition coefficient (Wildman–Crippen LogP) is 4.95. The lowest BCUT2D eigenvalue weighted by Crippen LogP contribution is -2.26. The minimum absolute atomic E-state index is 0.0936. The van der Waals surface area contributed by atoms with Gasteiger partial charge in [-0.1, -0.05) is 35.9 Å². The summed E-state index contributed by atoms with van der Waals surface area (Å²) in [6.07, 6.45) is 0. The molecule has 0 N–H and O–H groups in total. The average Bonchev–Trinajstić information content (AvgIpc) is 2.56. The fourth-order valence-corrected chi connectivity index (χ4v) is 2.59. The number of aromatic nitrogens is 2. The first-order valence-electron chi connectivity index (χ1n) is 7.61. The summed E-state index contributed by atoms with van der Waals surface area (Å²) in [5, 5.41) is 5.10. The molecule has 0 aliphatic rings. The largest absolute Gasteiger partial charge is 0.274 e. The molecule has 3 nitrogen and oxygen atoms in total. The summed E-state index contributed by atoms with van der Waals surface area (Å²) < 4.78 is 14.6. The van der Waals surface area contributed by atoms with Gasteiger partial charge in [0.15, 0.2) is 0 Å². The Hall–Kier alpha value is -2.46. The summed E-state index contributed by atoms with van der Waals surface area (Å²) in [5.74, 6) is -0.338. The molecule has 0 radical (unpaired) electrons. The summed E-state index contributed by atoms with van der Waals surface area (Å²) in [6, 6.07) is 14.8. The Balaban J connectivity index is 2.23. The van der Waals surface area contributed by atoms with E-state index in [4.69, 9.17) is 11.6 Å². The molecule has 0 aliphatic heterocycles. The smallest absolute Gasteiger partial charge is 0.267 e. The highest BCUT2D eigenvalue weighted by Crippen LogP contribution is 2.24. The Morgan fingerprint density at radius 1 is 1.00 bits per heavy atom. The zero-order valence-electron chi connectivity index (χ0n) is 13.3. The van der Waals surface area contributed by atoms with Crippen molar-refractivity contribution in [1.82, 2.24) is 9.78 Å². The van der Waals surface area contributed by atoms with E-state index >= 15 is 0 Å². The van der Waals surface area contributed by atoms with Crippen molar-refractivity contribution in [2.24, 2.45) is 0 Å². The summed E-state index contributed by atoms with van der Waals surface area (Å²) in [4.78, 5) is 12.7. The lowest BCUT2D eigenvalue weighted by atomic mass is 10.0. The molecule has 1 aromatic heterocycles. The van der Waals surface area contributed by atoms with Crippen molar-refractivity contribution >= 4 is 11.6 Å². The van der Waals surface area contributed by atoms with Crippen LogP contribution in [0.2, 0.25) is 5.02 Å². The highest BCUT2D eigenvalue weighted by atomic mass is 35.5. The molecule has 0 atom stereocenters. The molecule has 122 valence electrons. The van der Waals surface area contributed by atoms with Gasteiger partial charge >= 0.3 is 0 Å². The Bertz CT molecular complexity index is 916. The van der Waals surface area contributed by atoms with E-state index in [0.29, 0.717) is 21.8 Å². The second-order valence-electron chi connectivity index (χ2n) is 5.80. The first-order chi connectivity index (χ1) is 11.5. The van der Waals surface area contributed by atoms with Crippen LogP contribution in [0.25, 0.3) is 22.4 Å². The number of rotatable bonds is 3. The van der Waals surface area contributed by atoms with E-state index in [2.05, 4.69) is 5.10 Å². The van der Waals surface area contributed by atoms with Crippen LogP contribution in [0.4, 0.5) is 4.39 Å². The van der Waals surface area contributed by atoms with Gasteiger partial charge in [-0.15, -0.1) is 0 Å². The molecule has 0 spiro atoms. The van der Waals surface area contributed by atoms with Crippen LogP contribution in [0.1, 0.15) is 19.9 Å². The lowest BCUT2D eigenvalue weighted by Gasteiger charge is -2.13. The van der Waals surface area contributed by atoms with Crippen LogP contribution in [-0.2, 0) is 0 Å². The van der Waals surface area contributed by atoms with Gasteiger partial charge in [-0.25, -0.2) is 9.07 Å². The van der Waals surface area contributed by atoms with Gasteiger partial charge in [0.05, 0.1) is 17.3 Å². The maximum atomic E-state index is 13.2. The van der Waals surface area contributed by atoms with E-state index in [9.17, 15) is 9.18 Å². The van der Waals surface area contributed by atoms with Crippen molar-refractivity contribution in [1.29, 1.82) is 0 Å². The highest BCUT2D eigenvalue weighted by Gasteiger charge is 2.13. The van der Waals surface area contributed by atoms with Crippen molar-refractivity contribution in [3.63, 3.8) is 0 Å². The first-order valence-corrected chi connectivity index (χ1v) is 7.99. The molecule has 5 heteroatoms. The zero-order valence-corrected chi connectivity index (χ0v) is 14.1. The predicted molar refractivity (Wildman–Crippen MR) is 94.7 cm³/mol. The number of halogens is 2. The molecule has 0 amide bonds. The number of hydrogen-bond acceptors (Lipinski definition) is 2. The fourth-order valence-electron chi connectivity index (χ4n) is 2.46. The van der Waals surface area contributed by atoms with Gasteiger partial charge < -0.3 is 0 Å². The lowest BCUT2D eigenvalue weighted by molar-refractivity contribution is 0.506. The highest BCUT2D eigenvalue weighted by molar-refractivity contribution is 6.30. The minimum Gasteiger partial charge on any atom is -0.267 e. The third-order valence-electron chi connectivity index (χ3n) is 3.72. The minimum atomic E-state index is -0.338. The Kier molecular flexibility index (Phi) is 4.49. The summed E-state index contributed by atoms with van der Waals surface area (Å²) >= 11 is 5.94. The molecular weight excluding hydrogens is 327 g/mol. The van der Waals surface area contributed by atoms with E-state index in [0.717, 1.165) is 5.56 Å². The molecule has 1 heterocycles. The molecule has 24 heavy (non-hydrogen) atoms. The van der Waals surface area contributed by atoms with Gasteiger partial charge in [0, 0.05) is 10.6 Å². The second kappa shape index (κ2) is 6.57. The SMILES string of the molecule is CC(C)n1nc(-c2ccc(Cl)cc2)cc(-c2ccc(F)cc2)c1=O. The van der Waals surface area contributed by atoms with Gasteiger partial charge in [-0.2, -0.15) is 5.10 Å². The molecule has 0 bridgehead atoms. The third kappa shape index (κ3) is 3.24. The van der Waals surface area contributed by atoms with Crippen LogP contribution in [-0.4, -0.2) is 9.78 Å². The molecular formula is C19H16ClFN2O. The van der Waals surface area contributed by atoms with Crippen LogP contribution in [0.5, 0.6) is 0 Å². The van der Waals surface area contributed by atoms with E-state index < -0.39 is 0 Å². The Labute approximate surface area is 144 Å². The van der Waals surface area contributed by atoms with Gasteiger partial charge in [-0.05, 0) is 49.7 Å². The van der Waals surface area contributed by atoms with Crippen molar-refractivity contribution in [2.45, 2.75) is 19.9 Å². The summed E-state index contributed by atoms with van der Waals surface area (Å²) in [5.41, 5.74) is 2.47. The van der Waals surface area contributed by atoms with Crippen molar-refractivity contribution in [3.8, 4) is 22.4 Å². The fraction of sp³-hybridized carbons (Fsp3) is 0.158. The molecule has 2 aromatic carbocycles. The Morgan fingerprint density at radius 2 is 1.58 bits per heavy atom. The van der Waals surface area contributed by atoms with Gasteiger partial charge in [0.2, 0.25) is 0 Å². The maximum absolute atomic E-state index is 13.2. The van der Waals surface area contributed by atoms with E-state index in [1.165, 1.54) is 16.8 Å². The van der Waals surface area contributed by atoms with Crippen LogP contribution < -0.4 is 5.56 Å². The quantitative estimate of drug-likeness (QED) is 0.675. The van der Waals surface area contributed by atoms with Gasteiger partial charge in [0.25, 0.3) is 5.56 Å². The Morgan fingerprint density at radius 3 is 2.17 bits per heavy atom. The molecule has 0 saturated carbocycles.